The molecule has 0 saturated heterocycles. The number of halogens is 1. The molecule has 0 aromatic carbocycles. The molecule has 0 saturated carbocycles. The molecule has 0 fully saturated rings. The number of anilines is 1. The summed E-state index contributed by atoms with van der Waals surface area (Å²) in [6, 6.07) is 2.13. The average molecular weight is 369 g/mol. The first-order valence-corrected chi connectivity index (χ1v) is 8.51. The Morgan fingerprint density at radius 1 is 1.24 bits per heavy atom. The predicted octanol–water partition coefficient (Wildman–Crippen LogP) is 3.83. The van der Waals surface area contributed by atoms with E-state index in [1.54, 1.807) is 11.3 Å². The fourth-order valence-electron chi connectivity index (χ4n) is 1.78. The summed E-state index contributed by atoms with van der Waals surface area (Å²) in [4.78, 5) is 10.9. The first-order valence-electron chi connectivity index (χ1n) is 6.83. The van der Waals surface area contributed by atoms with E-state index in [2.05, 4.69) is 68.3 Å². The Bertz CT molecular complexity index is 574. The van der Waals surface area contributed by atoms with Crippen molar-refractivity contribution in [1.82, 2.24) is 15.3 Å². The Morgan fingerprint density at radius 3 is 2.43 bits per heavy atom. The molecule has 2 heterocycles. The molecule has 0 amide bonds. The third-order valence-electron chi connectivity index (χ3n) is 2.90. The molecule has 4 nitrogen and oxygen atoms in total. The second kappa shape index (κ2) is 6.85. The first-order chi connectivity index (χ1) is 9.83. The van der Waals surface area contributed by atoms with Gasteiger partial charge in [-0.05, 0) is 53.7 Å². The Labute approximate surface area is 138 Å². The summed E-state index contributed by atoms with van der Waals surface area (Å²) < 4.78 is 1.15. The van der Waals surface area contributed by atoms with E-state index in [-0.39, 0.29) is 5.54 Å². The van der Waals surface area contributed by atoms with Crippen LogP contribution in [0.25, 0.3) is 0 Å². The summed E-state index contributed by atoms with van der Waals surface area (Å²) in [7, 11) is 2.01. The molecule has 0 aliphatic heterocycles. The lowest BCUT2D eigenvalue weighted by molar-refractivity contribution is 0.423. The summed E-state index contributed by atoms with van der Waals surface area (Å²) in [6.45, 7) is 8.03. The molecule has 0 unspecified atom stereocenters. The van der Waals surface area contributed by atoms with Gasteiger partial charge < -0.3 is 10.2 Å². The van der Waals surface area contributed by atoms with Crippen LogP contribution in [0.4, 0.5) is 5.95 Å². The quantitative estimate of drug-likeness (QED) is 0.870. The van der Waals surface area contributed by atoms with Crippen molar-refractivity contribution in [2.24, 2.45) is 0 Å². The van der Waals surface area contributed by atoms with Crippen LogP contribution in [-0.2, 0) is 13.1 Å². The van der Waals surface area contributed by atoms with Crippen molar-refractivity contribution in [3.63, 3.8) is 0 Å². The van der Waals surface area contributed by atoms with E-state index in [4.69, 9.17) is 0 Å². The van der Waals surface area contributed by atoms with Crippen LogP contribution < -0.4 is 10.2 Å². The fraction of sp³-hybridized carbons (Fsp3) is 0.467. The summed E-state index contributed by atoms with van der Waals surface area (Å²) in [5, 5.41) is 5.57. The van der Waals surface area contributed by atoms with E-state index in [0.717, 1.165) is 28.4 Å². The topological polar surface area (TPSA) is 41.1 Å². The molecule has 21 heavy (non-hydrogen) atoms. The normalized spacial score (nSPS) is 11.7. The number of hydrogen-bond donors (Lipinski definition) is 1. The second-order valence-corrected chi connectivity index (χ2v) is 8.40. The van der Waals surface area contributed by atoms with Crippen LogP contribution in [-0.4, -0.2) is 22.6 Å². The minimum absolute atomic E-state index is 0.0990. The van der Waals surface area contributed by atoms with E-state index in [9.17, 15) is 0 Å². The Kier molecular flexibility index (Phi) is 5.35. The van der Waals surface area contributed by atoms with E-state index in [0.29, 0.717) is 0 Å². The van der Waals surface area contributed by atoms with Crippen LogP contribution in [0.1, 0.15) is 31.9 Å². The van der Waals surface area contributed by atoms with Crippen LogP contribution in [0.2, 0.25) is 0 Å². The van der Waals surface area contributed by atoms with Gasteiger partial charge in [0.05, 0.1) is 3.79 Å². The van der Waals surface area contributed by atoms with E-state index in [1.165, 1.54) is 5.56 Å². The molecular weight excluding hydrogens is 348 g/mol. The summed E-state index contributed by atoms with van der Waals surface area (Å²) in [5.74, 6) is 0.747. The lowest BCUT2D eigenvalue weighted by Gasteiger charge is -2.20. The zero-order valence-corrected chi connectivity index (χ0v) is 15.3. The monoisotopic (exact) mass is 368 g/mol. The van der Waals surface area contributed by atoms with Gasteiger partial charge in [-0.15, -0.1) is 11.3 Å². The van der Waals surface area contributed by atoms with E-state index in [1.807, 2.05) is 19.4 Å². The highest BCUT2D eigenvalue weighted by Crippen LogP contribution is 2.22. The van der Waals surface area contributed by atoms with Crippen LogP contribution in [0.15, 0.2) is 27.6 Å². The van der Waals surface area contributed by atoms with Crippen LogP contribution in [0.3, 0.4) is 0 Å². The number of nitrogens with one attached hydrogen (secondary N) is 1. The van der Waals surface area contributed by atoms with E-state index >= 15 is 0 Å². The fourth-order valence-corrected chi connectivity index (χ4v) is 2.98. The maximum Gasteiger partial charge on any atom is 0.225 e. The van der Waals surface area contributed by atoms with Crippen molar-refractivity contribution in [3.05, 3.63) is 38.8 Å². The maximum atomic E-state index is 4.45. The van der Waals surface area contributed by atoms with Crippen molar-refractivity contribution in [2.45, 2.75) is 39.4 Å². The van der Waals surface area contributed by atoms with Gasteiger partial charge in [-0.25, -0.2) is 9.97 Å². The molecule has 114 valence electrons. The maximum absolute atomic E-state index is 4.45. The third kappa shape index (κ3) is 5.37. The van der Waals surface area contributed by atoms with Crippen molar-refractivity contribution in [2.75, 3.05) is 11.9 Å². The minimum atomic E-state index is 0.0990. The number of hydrogen-bond acceptors (Lipinski definition) is 5. The van der Waals surface area contributed by atoms with E-state index < -0.39 is 0 Å². The Morgan fingerprint density at radius 2 is 1.90 bits per heavy atom. The lowest BCUT2D eigenvalue weighted by Crippen LogP contribution is -2.35. The molecule has 2 aromatic rings. The lowest BCUT2D eigenvalue weighted by atomic mass is 10.1. The van der Waals surface area contributed by atoms with Gasteiger partial charge >= 0.3 is 0 Å². The molecule has 0 radical (unpaired) electrons. The number of nitrogens with zero attached hydrogens (tertiary/aromatic N) is 3. The Hall–Kier alpha value is -0.980. The zero-order chi connectivity index (χ0) is 15.5. The van der Waals surface area contributed by atoms with Crippen LogP contribution in [0.5, 0.6) is 0 Å². The third-order valence-corrected chi connectivity index (χ3v) is 4.45. The first kappa shape index (κ1) is 16.4. The largest absolute Gasteiger partial charge is 0.340 e. The average Bonchev–Trinajstić information content (AvgIpc) is 2.81. The molecule has 2 rings (SSSR count). The van der Waals surface area contributed by atoms with Gasteiger partial charge in [0.1, 0.15) is 0 Å². The van der Waals surface area contributed by atoms with Gasteiger partial charge in [0.15, 0.2) is 0 Å². The molecule has 0 aliphatic rings. The smallest absolute Gasteiger partial charge is 0.225 e. The standard InChI is InChI=1S/C15H21BrN4S/c1-15(2,3)19-8-12-6-17-14(18-7-12)20(4)9-11-5-13(16)21-10-11/h5-7,10,19H,8-9H2,1-4H3. The number of thiophene rings is 1. The number of aromatic nitrogens is 2. The van der Waals surface area contributed by atoms with Crippen molar-refractivity contribution >= 4 is 33.2 Å². The second-order valence-electron chi connectivity index (χ2n) is 6.11. The predicted molar refractivity (Wildman–Crippen MR) is 92.8 cm³/mol. The highest BCUT2D eigenvalue weighted by atomic mass is 79.9. The highest BCUT2D eigenvalue weighted by molar-refractivity contribution is 9.11. The molecule has 0 spiro atoms. The van der Waals surface area contributed by atoms with Crippen LogP contribution >= 0.6 is 27.3 Å². The zero-order valence-electron chi connectivity index (χ0n) is 12.9. The van der Waals surface area contributed by atoms with Gasteiger partial charge in [0.25, 0.3) is 0 Å². The molecule has 6 heteroatoms. The molecule has 0 bridgehead atoms. The van der Waals surface area contributed by atoms with Crippen molar-refractivity contribution in [1.29, 1.82) is 0 Å². The summed E-state index contributed by atoms with van der Waals surface area (Å²) >= 11 is 5.18. The molecule has 0 atom stereocenters. The number of rotatable bonds is 5. The van der Waals surface area contributed by atoms with Gasteiger partial charge in [-0.3, -0.25) is 0 Å². The van der Waals surface area contributed by atoms with Gasteiger partial charge in [-0.1, -0.05) is 0 Å². The molecular formula is C15H21BrN4S. The molecule has 0 aliphatic carbocycles. The SMILES string of the molecule is CN(Cc1csc(Br)c1)c1ncc(CNC(C)(C)C)cn1. The molecule has 1 N–H and O–H groups in total. The van der Waals surface area contributed by atoms with Gasteiger partial charge in [0, 0.05) is 43.6 Å². The summed E-state index contributed by atoms with van der Waals surface area (Å²) in [5.41, 5.74) is 2.46. The van der Waals surface area contributed by atoms with Crippen molar-refractivity contribution < 1.29 is 0 Å². The van der Waals surface area contributed by atoms with Gasteiger partial charge in [0.2, 0.25) is 5.95 Å². The van der Waals surface area contributed by atoms with Crippen LogP contribution in [0, 0.1) is 0 Å². The minimum Gasteiger partial charge on any atom is -0.340 e. The molecule has 2 aromatic heterocycles. The Balaban J connectivity index is 1.94. The van der Waals surface area contributed by atoms with Gasteiger partial charge in [-0.2, -0.15) is 0 Å². The van der Waals surface area contributed by atoms with Crippen molar-refractivity contribution in [3.8, 4) is 0 Å². The highest BCUT2D eigenvalue weighted by Gasteiger charge is 2.10. The summed E-state index contributed by atoms with van der Waals surface area (Å²) in [6.07, 6.45) is 3.78.